The van der Waals surface area contributed by atoms with E-state index in [9.17, 15) is 9.59 Å². The molecule has 0 radical (unpaired) electrons. The van der Waals surface area contributed by atoms with Gasteiger partial charge in [-0.2, -0.15) is 0 Å². The maximum Gasteiger partial charge on any atom is 0.251 e. The molecule has 0 aliphatic heterocycles. The molecule has 0 aliphatic rings. The van der Waals surface area contributed by atoms with E-state index in [-0.39, 0.29) is 18.2 Å². The molecule has 0 aliphatic carbocycles. The van der Waals surface area contributed by atoms with Gasteiger partial charge in [0.15, 0.2) is 0 Å². The van der Waals surface area contributed by atoms with Crippen LogP contribution in [0.1, 0.15) is 34.8 Å². The first-order valence-electron chi connectivity index (χ1n) is 7.93. The van der Waals surface area contributed by atoms with Crippen LogP contribution in [-0.2, 0) is 11.2 Å². The SMILES string of the molecule is CCc1cccc(C)c1NC(=O)CCNC(=O)c1ccc(Br)cc1. The highest BCUT2D eigenvalue weighted by Crippen LogP contribution is 2.21. The number of aryl methyl sites for hydroxylation is 2. The van der Waals surface area contributed by atoms with E-state index in [4.69, 9.17) is 0 Å². The van der Waals surface area contributed by atoms with Gasteiger partial charge in [-0.15, -0.1) is 0 Å². The predicted molar refractivity (Wildman–Crippen MR) is 100 cm³/mol. The summed E-state index contributed by atoms with van der Waals surface area (Å²) < 4.78 is 0.920. The van der Waals surface area contributed by atoms with Crippen molar-refractivity contribution < 1.29 is 9.59 Å². The molecule has 0 heterocycles. The molecule has 0 bridgehead atoms. The van der Waals surface area contributed by atoms with Crippen molar-refractivity contribution in [3.63, 3.8) is 0 Å². The summed E-state index contributed by atoms with van der Waals surface area (Å²) in [7, 11) is 0. The van der Waals surface area contributed by atoms with Crippen LogP contribution in [0.3, 0.4) is 0 Å². The van der Waals surface area contributed by atoms with Gasteiger partial charge in [0.05, 0.1) is 0 Å². The molecule has 2 N–H and O–H groups in total. The molecule has 2 aromatic carbocycles. The van der Waals surface area contributed by atoms with Crippen molar-refractivity contribution in [3.05, 3.63) is 63.6 Å². The van der Waals surface area contributed by atoms with Crippen LogP contribution in [0.15, 0.2) is 46.9 Å². The van der Waals surface area contributed by atoms with Gasteiger partial charge in [-0.3, -0.25) is 9.59 Å². The number of rotatable bonds is 6. The van der Waals surface area contributed by atoms with Crippen LogP contribution in [0.5, 0.6) is 0 Å². The Balaban J connectivity index is 1.86. The van der Waals surface area contributed by atoms with E-state index in [0.29, 0.717) is 12.1 Å². The van der Waals surface area contributed by atoms with Gasteiger partial charge in [0, 0.05) is 28.7 Å². The minimum Gasteiger partial charge on any atom is -0.352 e. The zero-order valence-electron chi connectivity index (χ0n) is 13.9. The van der Waals surface area contributed by atoms with Crippen molar-refractivity contribution in [2.45, 2.75) is 26.7 Å². The predicted octanol–water partition coefficient (Wildman–Crippen LogP) is 4.08. The molecule has 0 unspecified atom stereocenters. The third-order valence-corrected chi connectivity index (χ3v) is 4.28. The lowest BCUT2D eigenvalue weighted by Crippen LogP contribution is -2.27. The highest BCUT2D eigenvalue weighted by molar-refractivity contribution is 9.10. The summed E-state index contributed by atoms with van der Waals surface area (Å²) in [6.45, 7) is 4.33. The molecule has 0 atom stereocenters. The molecule has 2 rings (SSSR count). The summed E-state index contributed by atoms with van der Waals surface area (Å²) in [4.78, 5) is 24.1. The van der Waals surface area contributed by atoms with Crippen LogP contribution in [0, 0.1) is 6.92 Å². The van der Waals surface area contributed by atoms with Crippen molar-refractivity contribution in [1.29, 1.82) is 0 Å². The lowest BCUT2D eigenvalue weighted by Gasteiger charge is -2.13. The normalized spacial score (nSPS) is 10.3. The molecule has 24 heavy (non-hydrogen) atoms. The molecule has 0 spiro atoms. The Morgan fingerprint density at radius 2 is 1.79 bits per heavy atom. The number of carbonyl (C=O) groups excluding carboxylic acids is 2. The standard InChI is InChI=1S/C19H21BrN2O2/c1-3-14-6-4-5-13(2)18(14)22-17(23)11-12-21-19(24)15-7-9-16(20)10-8-15/h4-10H,3,11-12H2,1-2H3,(H,21,24)(H,22,23). The molecule has 2 amide bonds. The van der Waals surface area contributed by atoms with Crippen molar-refractivity contribution in [2.24, 2.45) is 0 Å². The largest absolute Gasteiger partial charge is 0.352 e. The number of nitrogens with one attached hydrogen (secondary N) is 2. The Bertz CT molecular complexity index is 727. The summed E-state index contributed by atoms with van der Waals surface area (Å²) in [5.74, 6) is -0.282. The van der Waals surface area contributed by atoms with Crippen LogP contribution >= 0.6 is 15.9 Å². The van der Waals surface area contributed by atoms with E-state index in [0.717, 1.165) is 27.7 Å². The maximum atomic E-state index is 12.1. The van der Waals surface area contributed by atoms with E-state index in [1.807, 2.05) is 37.3 Å². The average molecular weight is 389 g/mol. The fourth-order valence-electron chi connectivity index (χ4n) is 2.40. The van der Waals surface area contributed by atoms with Crippen LogP contribution in [0.25, 0.3) is 0 Å². The Labute approximate surface area is 150 Å². The second-order valence-electron chi connectivity index (χ2n) is 5.52. The Morgan fingerprint density at radius 3 is 2.46 bits per heavy atom. The molecule has 0 saturated heterocycles. The highest BCUT2D eigenvalue weighted by Gasteiger charge is 2.10. The van der Waals surface area contributed by atoms with Gasteiger partial charge in [0.25, 0.3) is 5.91 Å². The molecule has 5 heteroatoms. The van der Waals surface area contributed by atoms with Gasteiger partial charge in [-0.1, -0.05) is 41.1 Å². The first-order valence-corrected chi connectivity index (χ1v) is 8.72. The fraction of sp³-hybridized carbons (Fsp3) is 0.263. The average Bonchev–Trinajstić information content (AvgIpc) is 2.57. The number of anilines is 1. The van der Waals surface area contributed by atoms with Gasteiger partial charge in [-0.05, 0) is 48.7 Å². The van der Waals surface area contributed by atoms with Gasteiger partial charge in [0.2, 0.25) is 5.91 Å². The first kappa shape index (κ1) is 18.2. The summed E-state index contributed by atoms with van der Waals surface area (Å²) in [6, 6.07) is 13.1. The minimum atomic E-state index is -0.180. The molecular weight excluding hydrogens is 368 g/mol. The van der Waals surface area contributed by atoms with Crippen LogP contribution in [0.2, 0.25) is 0 Å². The smallest absolute Gasteiger partial charge is 0.251 e. The van der Waals surface area contributed by atoms with Crippen molar-refractivity contribution in [1.82, 2.24) is 5.32 Å². The van der Waals surface area contributed by atoms with Crippen LogP contribution < -0.4 is 10.6 Å². The number of benzene rings is 2. The van der Waals surface area contributed by atoms with E-state index in [1.54, 1.807) is 12.1 Å². The molecule has 4 nitrogen and oxygen atoms in total. The molecule has 0 saturated carbocycles. The lowest BCUT2D eigenvalue weighted by molar-refractivity contribution is -0.116. The number of hydrogen-bond donors (Lipinski definition) is 2. The number of amides is 2. The topological polar surface area (TPSA) is 58.2 Å². The monoisotopic (exact) mass is 388 g/mol. The maximum absolute atomic E-state index is 12.1. The molecule has 126 valence electrons. The van der Waals surface area contributed by atoms with Crippen molar-refractivity contribution in [3.8, 4) is 0 Å². The van der Waals surface area contributed by atoms with Crippen molar-refractivity contribution >= 4 is 33.4 Å². The van der Waals surface area contributed by atoms with Crippen molar-refractivity contribution in [2.75, 3.05) is 11.9 Å². The van der Waals surface area contributed by atoms with Gasteiger partial charge in [0.1, 0.15) is 0 Å². The molecule has 2 aromatic rings. The Morgan fingerprint density at radius 1 is 1.08 bits per heavy atom. The molecule has 0 fully saturated rings. The number of hydrogen-bond acceptors (Lipinski definition) is 2. The number of para-hydroxylation sites is 1. The van der Waals surface area contributed by atoms with E-state index >= 15 is 0 Å². The second kappa shape index (κ2) is 8.64. The second-order valence-corrected chi connectivity index (χ2v) is 6.44. The zero-order chi connectivity index (χ0) is 17.5. The van der Waals surface area contributed by atoms with Gasteiger partial charge < -0.3 is 10.6 Å². The molecule has 0 aromatic heterocycles. The summed E-state index contributed by atoms with van der Waals surface area (Å²) in [5.41, 5.74) is 3.61. The lowest BCUT2D eigenvalue weighted by atomic mass is 10.1. The minimum absolute atomic E-state index is 0.102. The number of halogens is 1. The van der Waals surface area contributed by atoms with Crippen LogP contribution in [0.4, 0.5) is 5.69 Å². The summed E-state index contributed by atoms with van der Waals surface area (Å²) in [6.07, 6.45) is 1.09. The van der Waals surface area contributed by atoms with E-state index in [1.165, 1.54) is 0 Å². The zero-order valence-corrected chi connectivity index (χ0v) is 15.4. The third kappa shape index (κ3) is 4.93. The number of carbonyl (C=O) groups is 2. The third-order valence-electron chi connectivity index (χ3n) is 3.75. The summed E-state index contributed by atoms with van der Waals surface area (Å²) >= 11 is 3.33. The van der Waals surface area contributed by atoms with Gasteiger partial charge >= 0.3 is 0 Å². The van der Waals surface area contributed by atoms with Gasteiger partial charge in [-0.25, -0.2) is 0 Å². The molecular formula is C19H21BrN2O2. The highest BCUT2D eigenvalue weighted by atomic mass is 79.9. The summed E-state index contributed by atoms with van der Waals surface area (Å²) in [5, 5.41) is 5.72. The Hall–Kier alpha value is -2.14. The quantitative estimate of drug-likeness (QED) is 0.782. The Kier molecular flexibility index (Phi) is 6.55. The van der Waals surface area contributed by atoms with Crippen LogP contribution in [-0.4, -0.2) is 18.4 Å². The van der Waals surface area contributed by atoms with E-state index in [2.05, 4.69) is 33.5 Å². The first-order chi connectivity index (χ1) is 11.5. The fourth-order valence-corrected chi connectivity index (χ4v) is 2.66. The van der Waals surface area contributed by atoms with E-state index < -0.39 is 0 Å².